The number of aromatic nitrogens is 4. The fourth-order valence-corrected chi connectivity index (χ4v) is 10.2. The van der Waals surface area contributed by atoms with Gasteiger partial charge in [0.15, 0.2) is 23.1 Å². The summed E-state index contributed by atoms with van der Waals surface area (Å²) in [6.45, 7) is 0. The van der Waals surface area contributed by atoms with Crippen LogP contribution in [0.5, 0.6) is 0 Å². The number of hydrogen-bond acceptors (Lipinski definition) is 5. The summed E-state index contributed by atoms with van der Waals surface area (Å²) in [5.74, 6) is 1.79. The molecule has 0 saturated carbocycles. The van der Waals surface area contributed by atoms with Crippen molar-refractivity contribution in [2.45, 2.75) is 0 Å². The van der Waals surface area contributed by atoms with Crippen molar-refractivity contribution in [3.63, 3.8) is 0 Å². The first-order chi connectivity index (χ1) is 34.2. The Morgan fingerprint density at radius 2 is 0.797 bits per heavy atom. The third-order valence-electron chi connectivity index (χ3n) is 13.5. The number of fused-ring (bicyclic) bond motifs is 9. The third-order valence-corrected chi connectivity index (χ3v) is 13.5. The predicted octanol–water partition coefficient (Wildman–Crippen LogP) is 16.8. The molecule has 0 aliphatic heterocycles. The predicted molar refractivity (Wildman–Crippen MR) is 281 cm³/mol. The van der Waals surface area contributed by atoms with E-state index in [4.69, 9.17) is 23.8 Å². The van der Waals surface area contributed by atoms with E-state index in [2.05, 4.69) is 193 Å². The van der Waals surface area contributed by atoms with Crippen molar-refractivity contribution in [2.24, 2.45) is 0 Å². The molecule has 0 unspecified atom stereocenters. The van der Waals surface area contributed by atoms with Crippen LogP contribution in [0.4, 0.5) is 0 Å². The van der Waals surface area contributed by atoms with Crippen LogP contribution in [0.25, 0.3) is 139 Å². The minimum Gasteiger partial charge on any atom is -0.456 e. The van der Waals surface area contributed by atoms with E-state index in [0.29, 0.717) is 17.5 Å². The summed E-state index contributed by atoms with van der Waals surface area (Å²) in [4.78, 5) is 15.1. The number of para-hydroxylation sites is 2. The van der Waals surface area contributed by atoms with Gasteiger partial charge < -0.3 is 13.4 Å². The molecule has 14 rings (SSSR count). The smallest absolute Gasteiger partial charge is 0.164 e. The molecule has 0 aliphatic rings. The first-order valence-corrected chi connectivity index (χ1v) is 23.2. The topological polar surface area (TPSA) is 69.9 Å². The first-order valence-electron chi connectivity index (χ1n) is 23.2. The van der Waals surface area contributed by atoms with E-state index in [1.54, 1.807) is 0 Å². The number of hydrogen-bond donors (Lipinski definition) is 0. The highest BCUT2D eigenvalue weighted by Gasteiger charge is 2.21. The summed E-state index contributed by atoms with van der Waals surface area (Å²) < 4.78 is 16.0. The monoisotopic (exact) mass is 882 g/mol. The molecular weight excluding hydrogens is 845 g/mol. The highest BCUT2D eigenvalue weighted by atomic mass is 16.3. The van der Waals surface area contributed by atoms with Crippen LogP contribution in [0.3, 0.4) is 0 Å². The van der Waals surface area contributed by atoms with Gasteiger partial charge in [-0.25, -0.2) is 15.0 Å². The van der Waals surface area contributed by atoms with Gasteiger partial charge in [-0.2, -0.15) is 0 Å². The standard InChI is InChI=1S/C63H38N4O2/c1-4-14-39(15-5-1)41-26-28-43(29-27-41)62-64-61(42-18-8-3-9-19-42)65-63(66-62)46-31-34-50-49-33-30-45(37-57(49)68-58(50)38-46)47-21-13-25-56-59(47)51-22-12-24-55(60(51)69-56)67-53-23-11-10-20-48(53)52-36-44(32-35-54(52)67)40-16-6-2-7-17-40/h1-38H. The molecule has 4 heterocycles. The summed E-state index contributed by atoms with van der Waals surface area (Å²) in [6.07, 6.45) is 0. The molecule has 0 N–H and O–H groups in total. The van der Waals surface area contributed by atoms with Crippen LogP contribution in [-0.4, -0.2) is 19.5 Å². The van der Waals surface area contributed by atoms with E-state index in [1.165, 1.54) is 21.9 Å². The van der Waals surface area contributed by atoms with Crippen molar-refractivity contribution in [3.05, 3.63) is 231 Å². The van der Waals surface area contributed by atoms with Gasteiger partial charge in [0, 0.05) is 49.0 Å². The van der Waals surface area contributed by atoms with Crippen LogP contribution < -0.4 is 0 Å². The van der Waals surface area contributed by atoms with E-state index in [0.717, 1.165) is 99.5 Å². The maximum absolute atomic E-state index is 6.89. The van der Waals surface area contributed by atoms with Gasteiger partial charge in [-0.15, -0.1) is 0 Å². The lowest BCUT2D eigenvalue weighted by molar-refractivity contribution is 0.666. The van der Waals surface area contributed by atoms with Gasteiger partial charge in [0.05, 0.1) is 16.7 Å². The maximum Gasteiger partial charge on any atom is 0.164 e. The van der Waals surface area contributed by atoms with E-state index >= 15 is 0 Å². The van der Waals surface area contributed by atoms with Gasteiger partial charge in [-0.1, -0.05) is 176 Å². The van der Waals surface area contributed by atoms with Crippen molar-refractivity contribution in [2.75, 3.05) is 0 Å². The molecule has 322 valence electrons. The Labute approximate surface area is 396 Å². The fraction of sp³-hybridized carbons (Fsp3) is 0. The lowest BCUT2D eigenvalue weighted by atomic mass is 9.98. The van der Waals surface area contributed by atoms with Gasteiger partial charge in [0.2, 0.25) is 0 Å². The SMILES string of the molecule is c1ccc(-c2ccc(-c3nc(-c4ccccc4)nc(-c4ccc5c(c4)oc4cc(-c6cccc7oc8c(-n9c%10ccccc%10c%10cc(-c%11ccccc%11)ccc%109)cccc8c67)ccc45)n3)cc2)cc1. The molecule has 4 aromatic heterocycles. The quantitative estimate of drug-likeness (QED) is 0.159. The normalized spacial score (nSPS) is 11.8. The van der Waals surface area contributed by atoms with Crippen LogP contribution in [-0.2, 0) is 0 Å². The Bertz CT molecular complexity index is 4290. The van der Waals surface area contributed by atoms with Crippen molar-refractivity contribution in [1.29, 1.82) is 0 Å². The van der Waals surface area contributed by atoms with E-state index < -0.39 is 0 Å². The molecule has 0 bridgehead atoms. The Morgan fingerprint density at radius 3 is 1.52 bits per heavy atom. The molecule has 6 heteroatoms. The van der Waals surface area contributed by atoms with Crippen molar-refractivity contribution in [1.82, 2.24) is 19.5 Å². The van der Waals surface area contributed by atoms with Crippen molar-refractivity contribution < 1.29 is 8.83 Å². The summed E-state index contributed by atoms with van der Waals surface area (Å²) in [7, 11) is 0. The van der Waals surface area contributed by atoms with Gasteiger partial charge in [0.1, 0.15) is 16.7 Å². The van der Waals surface area contributed by atoms with Gasteiger partial charge in [0.25, 0.3) is 0 Å². The van der Waals surface area contributed by atoms with Crippen molar-refractivity contribution in [3.8, 4) is 73.2 Å². The molecule has 6 nitrogen and oxygen atoms in total. The van der Waals surface area contributed by atoms with Gasteiger partial charge >= 0.3 is 0 Å². The number of benzene rings is 10. The second-order valence-corrected chi connectivity index (χ2v) is 17.5. The average Bonchev–Trinajstić information content (AvgIpc) is 4.10. The Balaban J connectivity index is 0.859. The lowest BCUT2D eigenvalue weighted by Gasteiger charge is -2.09. The number of furan rings is 2. The zero-order valence-electron chi connectivity index (χ0n) is 37.0. The van der Waals surface area contributed by atoms with Gasteiger partial charge in [-0.3, -0.25) is 0 Å². The van der Waals surface area contributed by atoms with E-state index in [-0.39, 0.29) is 0 Å². The van der Waals surface area contributed by atoms with Crippen LogP contribution >= 0.6 is 0 Å². The van der Waals surface area contributed by atoms with Crippen LogP contribution in [0, 0.1) is 0 Å². The Hall–Kier alpha value is -9.39. The molecule has 0 saturated heterocycles. The zero-order chi connectivity index (χ0) is 45.4. The highest BCUT2D eigenvalue weighted by Crippen LogP contribution is 2.43. The average molecular weight is 883 g/mol. The molecular formula is C63H38N4O2. The highest BCUT2D eigenvalue weighted by molar-refractivity contribution is 6.17. The lowest BCUT2D eigenvalue weighted by Crippen LogP contribution is -2.00. The van der Waals surface area contributed by atoms with Gasteiger partial charge in [-0.05, 0) is 88.0 Å². The van der Waals surface area contributed by atoms with Crippen molar-refractivity contribution >= 4 is 65.7 Å². The summed E-state index contributed by atoms with van der Waals surface area (Å²) in [5.41, 5.74) is 15.9. The molecule has 10 aromatic carbocycles. The second-order valence-electron chi connectivity index (χ2n) is 17.5. The Kier molecular flexibility index (Phi) is 8.79. The zero-order valence-corrected chi connectivity index (χ0v) is 37.0. The minimum atomic E-state index is 0.574. The first kappa shape index (κ1) is 38.8. The third kappa shape index (κ3) is 6.45. The second kappa shape index (κ2) is 15.6. The van der Waals surface area contributed by atoms with Crippen LogP contribution in [0.1, 0.15) is 0 Å². The van der Waals surface area contributed by atoms with Crippen LogP contribution in [0.15, 0.2) is 239 Å². The molecule has 0 radical (unpaired) electrons. The maximum atomic E-state index is 6.89. The molecule has 69 heavy (non-hydrogen) atoms. The molecule has 0 aliphatic carbocycles. The Morgan fingerprint density at radius 1 is 0.290 bits per heavy atom. The van der Waals surface area contributed by atoms with E-state index in [1.807, 2.05) is 42.5 Å². The molecule has 0 atom stereocenters. The van der Waals surface area contributed by atoms with Crippen LogP contribution in [0.2, 0.25) is 0 Å². The molecule has 0 amide bonds. The summed E-state index contributed by atoms with van der Waals surface area (Å²) in [6, 6.07) is 80.3. The number of nitrogens with zero attached hydrogens (tertiary/aromatic N) is 4. The van der Waals surface area contributed by atoms with E-state index in [9.17, 15) is 0 Å². The molecule has 0 fully saturated rings. The minimum absolute atomic E-state index is 0.574. The number of rotatable bonds is 7. The fourth-order valence-electron chi connectivity index (χ4n) is 10.2. The molecule has 0 spiro atoms. The summed E-state index contributed by atoms with van der Waals surface area (Å²) in [5, 5.41) is 6.57. The summed E-state index contributed by atoms with van der Waals surface area (Å²) >= 11 is 0. The molecule has 14 aromatic rings. The largest absolute Gasteiger partial charge is 0.456 e.